The van der Waals surface area contributed by atoms with Gasteiger partial charge in [-0.05, 0) is 42.7 Å². The summed E-state index contributed by atoms with van der Waals surface area (Å²) in [5.41, 5.74) is 8.85. The number of carbonyl (C=O) groups excluding carboxylic acids is 1. The molecule has 0 unspecified atom stereocenters. The Hall–Kier alpha value is -2.44. The first-order chi connectivity index (χ1) is 12.0. The second kappa shape index (κ2) is 7.21. The molecule has 1 aromatic carbocycles. The quantitative estimate of drug-likeness (QED) is 0.687. The van der Waals surface area contributed by atoms with Crippen molar-refractivity contribution in [1.29, 1.82) is 0 Å². The molecule has 0 spiro atoms. The molecule has 0 aliphatic carbocycles. The van der Waals surface area contributed by atoms with E-state index in [0.717, 1.165) is 23.1 Å². The molecule has 0 saturated carbocycles. The van der Waals surface area contributed by atoms with E-state index in [0.29, 0.717) is 26.5 Å². The summed E-state index contributed by atoms with van der Waals surface area (Å²) in [5.74, 6) is 0.140. The maximum atomic E-state index is 11.9. The van der Waals surface area contributed by atoms with Crippen LogP contribution >= 0.6 is 22.9 Å². The van der Waals surface area contributed by atoms with Crippen molar-refractivity contribution in [1.82, 2.24) is 9.97 Å². The van der Waals surface area contributed by atoms with Gasteiger partial charge in [-0.1, -0.05) is 42.0 Å². The van der Waals surface area contributed by atoms with Crippen LogP contribution in [-0.4, -0.2) is 15.9 Å². The maximum Gasteiger partial charge on any atom is 0.261 e. The molecule has 0 atom stereocenters. The maximum absolute atomic E-state index is 11.9. The number of hydrogen-bond acceptors (Lipinski definition) is 5. The molecule has 128 valence electrons. The van der Waals surface area contributed by atoms with E-state index in [-0.39, 0.29) is 0 Å². The number of primary amides is 1. The number of nitrogens with zero attached hydrogens (tertiary/aromatic N) is 2. The average molecular weight is 373 g/mol. The van der Waals surface area contributed by atoms with Crippen LogP contribution in [0.25, 0.3) is 11.3 Å². The standard InChI is InChI=1S/C18H17ClN4OS/c1-3-11-7-8-21-13(9-11)22-18-23-15(16(25-18)17(20)24)14-10(2)5-4-6-12(14)19/h4-9H,3H2,1-2H3,(H2,20,24)(H,21,22,23). The van der Waals surface area contributed by atoms with Crippen molar-refractivity contribution in [2.24, 2.45) is 5.73 Å². The third-order valence-corrected chi connectivity index (χ3v) is 5.08. The van der Waals surface area contributed by atoms with Gasteiger partial charge < -0.3 is 11.1 Å². The van der Waals surface area contributed by atoms with Gasteiger partial charge in [0, 0.05) is 11.8 Å². The molecule has 0 aliphatic rings. The molecule has 5 nitrogen and oxygen atoms in total. The number of nitrogens with one attached hydrogen (secondary N) is 1. The van der Waals surface area contributed by atoms with Crippen molar-refractivity contribution in [2.75, 3.05) is 5.32 Å². The fourth-order valence-electron chi connectivity index (χ4n) is 2.51. The lowest BCUT2D eigenvalue weighted by Crippen LogP contribution is -2.10. The lowest BCUT2D eigenvalue weighted by atomic mass is 10.0. The molecule has 7 heteroatoms. The minimum atomic E-state index is -0.532. The number of benzene rings is 1. The summed E-state index contributed by atoms with van der Waals surface area (Å²) < 4.78 is 0. The highest BCUT2D eigenvalue weighted by atomic mass is 35.5. The zero-order valence-electron chi connectivity index (χ0n) is 13.8. The predicted molar refractivity (Wildman–Crippen MR) is 103 cm³/mol. The summed E-state index contributed by atoms with van der Waals surface area (Å²) in [4.78, 5) is 21.1. The molecule has 25 heavy (non-hydrogen) atoms. The summed E-state index contributed by atoms with van der Waals surface area (Å²) in [6.45, 7) is 4.00. The van der Waals surface area contributed by atoms with Crippen molar-refractivity contribution in [3.05, 3.63) is 57.6 Å². The third kappa shape index (κ3) is 3.65. The Kier molecular flexibility index (Phi) is 5.01. The number of aryl methyl sites for hydroxylation is 2. The van der Waals surface area contributed by atoms with Crippen LogP contribution in [0.5, 0.6) is 0 Å². The number of amides is 1. The third-order valence-electron chi connectivity index (χ3n) is 3.78. The van der Waals surface area contributed by atoms with Crippen LogP contribution in [0, 0.1) is 6.92 Å². The minimum absolute atomic E-state index is 0.366. The first-order valence-corrected chi connectivity index (χ1v) is 8.97. The van der Waals surface area contributed by atoms with Crippen molar-refractivity contribution < 1.29 is 4.79 Å². The van der Waals surface area contributed by atoms with Crippen LogP contribution in [0.1, 0.15) is 27.7 Å². The molecule has 3 N–H and O–H groups in total. The molecule has 0 aliphatic heterocycles. The topological polar surface area (TPSA) is 80.9 Å². The van der Waals surface area contributed by atoms with Gasteiger partial charge in [0.15, 0.2) is 5.13 Å². The van der Waals surface area contributed by atoms with Crippen LogP contribution in [-0.2, 0) is 6.42 Å². The first kappa shape index (κ1) is 17.4. The molecule has 0 bridgehead atoms. The molecular weight excluding hydrogens is 356 g/mol. The largest absolute Gasteiger partial charge is 0.365 e. The van der Waals surface area contributed by atoms with Gasteiger partial charge in [-0.3, -0.25) is 4.79 Å². The van der Waals surface area contributed by atoms with Gasteiger partial charge in [0.2, 0.25) is 0 Å². The smallest absolute Gasteiger partial charge is 0.261 e. The van der Waals surface area contributed by atoms with Crippen LogP contribution in [0.15, 0.2) is 36.5 Å². The summed E-state index contributed by atoms with van der Waals surface area (Å²) in [6, 6.07) is 9.46. The Balaban J connectivity index is 2.05. The molecule has 3 rings (SSSR count). The lowest BCUT2D eigenvalue weighted by molar-refractivity contribution is 0.100. The Bertz CT molecular complexity index is 918. The van der Waals surface area contributed by atoms with Gasteiger partial charge in [-0.15, -0.1) is 0 Å². The number of thiazole rings is 1. The second-order valence-electron chi connectivity index (χ2n) is 5.52. The normalized spacial score (nSPS) is 10.7. The molecule has 2 heterocycles. The fraction of sp³-hybridized carbons (Fsp3) is 0.167. The number of pyridine rings is 1. The second-order valence-corrected chi connectivity index (χ2v) is 6.93. The highest BCUT2D eigenvalue weighted by molar-refractivity contribution is 7.18. The van der Waals surface area contributed by atoms with Crippen molar-refractivity contribution >= 4 is 39.8 Å². The van der Waals surface area contributed by atoms with Gasteiger partial charge in [0.1, 0.15) is 10.7 Å². The Labute approximate surface area is 154 Å². The van der Waals surface area contributed by atoms with E-state index in [2.05, 4.69) is 22.2 Å². The highest BCUT2D eigenvalue weighted by Crippen LogP contribution is 2.37. The van der Waals surface area contributed by atoms with Gasteiger partial charge in [-0.2, -0.15) is 0 Å². The van der Waals surface area contributed by atoms with E-state index in [1.165, 1.54) is 11.3 Å². The van der Waals surface area contributed by atoms with E-state index in [9.17, 15) is 4.79 Å². The zero-order chi connectivity index (χ0) is 18.0. The van der Waals surface area contributed by atoms with E-state index in [4.69, 9.17) is 17.3 Å². The van der Waals surface area contributed by atoms with Crippen LogP contribution in [0.4, 0.5) is 10.9 Å². The average Bonchev–Trinajstić information content (AvgIpc) is 2.98. The Morgan fingerprint density at radius 3 is 2.84 bits per heavy atom. The number of nitrogens with two attached hydrogens (primary N) is 1. The number of hydrogen-bond donors (Lipinski definition) is 2. The minimum Gasteiger partial charge on any atom is -0.365 e. The molecule has 0 fully saturated rings. The summed E-state index contributed by atoms with van der Waals surface area (Å²) in [5, 5.41) is 4.23. The van der Waals surface area contributed by atoms with Gasteiger partial charge in [-0.25, -0.2) is 9.97 Å². The van der Waals surface area contributed by atoms with E-state index < -0.39 is 5.91 Å². The number of aromatic nitrogens is 2. The molecule has 3 aromatic rings. The summed E-state index contributed by atoms with van der Waals surface area (Å²) >= 11 is 7.52. The van der Waals surface area contributed by atoms with Gasteiger partial charge in [0.05, 0.1) is 10.7 Å². The van der Waals surface area contributed by atoms with Crippen molar-refractivity contribution in [2.45, 2.75) is 20.3 Å². The zero-order valence-corrected chi connectivity index (χ0v) is 15.4. The van der Waals surface area contributed by atoms with Crippen LogP contribution in [0.2, 0.25) is 5.02 Å². The molecule has 0 saturated heterocycles. The Morgan fingerprint density at radius 2 is 2.16 bits per heavy atom. The first-order valence-electron chi connectivity index (χ1n) is 7.77. The monoisotopic (exact) mass is 372 g/mol. The van der Waals surface area contributed by atoms with Crippen molar-refractivity contribution in [3.8, 4) is 11.3 Å². The summed E-state index contributed by atoms with van der Waals surface area (Å²) in [7, 11) is 0. The number of halogens is 1. The lowest BCUT2D eigenvalue weighted by Gasteiger charge is -2.06. The van der Waals surface area contributed by atoms with E-state index >= 15 is 0 Å². The summed E-state index contributed by atoms with van der Waals surface area (Å²) in [6.07, 6.45) is 2.65. The van der Waals surface area contributed by atoms with E-state index in [1.54, 1.807) is 12.3 Å². The van der Waals surface area contributed by atoms with Gasteiger partial charge in [0.25, 0.3) is 5.91 Å². The van der Waals surface area contributed by atoms with E-state index in [1.807, 2.05) is 31.2 Å². The number of anilines is 2. The molecule has 0 radical (unpaired) electrons. The SMILES string of the molecule is CCc1ccnc(Nc2nc(-c3c(C)cccc3Cl)c(C(N)=O)s2)c1. The molecular formula is C18H17ClN4OS. The molecule has 2 aromatic heterocycles. The highest BCUT2D eigenvalue weighted by Gasteiger charge is 2.21. The predicted octanol–water partition coefficient (Wildman–Crippen LogP) is 4.57. The van der Waals surface area contributed by atoms with Crippen LogP contribution < -0.4 is 11.1 Å². The molecule has 1 amide bonds. The number of carbonyl (C=O) groups is 1. The van der Waals surface area contributed by atoms with Crippen molar-refractivity contribution in [3.63, 3.8) is 0 Å². The Morgan fingerprint density at radius 1 is 1.36 bits per heavy atom. The van der Waals surface area contributed by atoms with Gasteiger partial charge >= 0.3 is 0 Å². The number of rotatable bonds is 5. The fourth-order valence-corrected chi connectivity index (χ4v) is 3.66. The van der Waals surface area contributed by atoms with Crippen LogP contribution in [0.3, 0.4) is 0 Å².